The molecule has 2 N–H and O–H groups in total. The SMILES string of the molecule is CS[C@@]1(Cc2ccccc2)NC(=O)[C@@](Cc2ccccc2)(SC)NC1=O. The molecule has 0 unspecified atom stereocenters. The molecule has 1 saturated heterocycles. The molecule has 1 fully saturated rings. The molecule has 0 saturated carbocycles. The van der Waals surface area contributed by atoms with Crippen LogP contribution >= 0.6 is 23.5 Å². The number of hydrogen-bond donors (Lipinski definition) is 2. The molecule has 1 heterocycles. The van der Waals surface area contributed by atoms with Crippen molar-refractivity contribution in [1.82, 2.24) is 10.6 Å². The Hall–Kier alpha value is -1.92. The van der Waals surface area contributed by atoms with Crippen LogP contribution in [0.3, 0.4) is 0 Å². The number of carbonyl (C=O) groups excluding carboxylic acids is 2. The second kappa shape index (κ2) is 7.76. The van der Waals surface area contributed by atoms with E-state index in [1.807, 2.05) is 73.2 Å². The molecule has 0 radical (unpaired) electrons. The van der Waals surface area contributed by atoms with Gasteiger partial charge < -0.3 is 10.6 Å². The summed E-state index contributed by atoms with van der Waals surface area (Å²) in [4.78, 5) is 24.2. The van der Waals surface area contributed by atoms with E-state index in [4.69, 9.17) is 0 Å². The van der Waals surface area contributed by atoms with Crippen LogP contribution in [0.25, 0.3) is 0 Å². The van der Waals surface area contributed by atoms with Gasteiger partial charge >= 0.3 is 0 Å². The van der Waals surface area contributed by atoms with Crippen molar-refractivity contribution in [2.45, 2.75) is 22.6 Å². The van der Waals surface area contributed by atoms with Crippen LogP contribution in [0.2, 0.25) is 0 Å². The number of hydrogen-bond acceptors (Lipinski definition) is 4. The highest BCUT2D eigenvalue weighted by Gasteiger charge is 2.53. The fourth-order valence-corrected chi connectivity index (χ4v) is 4.61. The van der Waals surface area contributed by atoms with Crippen LogP contribution in [-0.4, -0.2) is 34.1 Å². The molecule has 26 heavy (non-hydrogen) atoms. The summed E-state index contributed by atoms with van der Waals surface area (Å²) in [6.45, 7) is 0. The van der Waals surface area contributed by atoms with Gasteiger partial charge in [-0.15, -0.1) is 23.5 Å². The number of rotatable bonds is 6. The molecule has 0 aliphatic carbocycles. The van der Waals surface area contributed by atoms with Gasteiger partial charge in [-0.05, 0) is 23.6 Å². The van der Waals surface area contributed by atoms with Gasteiger partial charge in [0.1, 0.15) is 0 Å². The number of carbonyl (C=O) groups is 2. The minimum Gasteiger partial charge on any atom is -0.330 e. The van der Waals surface area contributed by atoms with E-state index in [1.165, 1.54) is 23.5 Å². The van der Waals surface area contributed by atoms with Gasteiger partial charge in [0.2, 0.25) is 0 Å². The van der Waals surface area contributed by atoms with Gasteiger partial charge in [0.05, 0.1) is 0 Å². The lowest BCUT2D eigenvalue weighted by atomic mass is 9.97. The zero-order valence-electron chi connectivity index (χ0n) is 14.8. The van der Waals surface area contributed by atoms with Crippen molar-refractivity contribution in [3.8, 4) is 0 Å². The monoisotopic (exact) mass is 386 g/mol. The third kappa shape index (κ3) is 3.62. The summed E-state index contributed by atoms with van der Waals surface area (Å²) < 4.78 is 0. The standard InChI is InChI=1S/C20H22N2O2S2/c1-25-19(13-15-9-5-3-6-10-15)17(23)22-20(26-2,18(24)21-19)14-16-11-7-4-8-12-16/h3-12H,13-14H2,1-2H3,(H,21,24)(H,22,23)/t19-,20-/m1/s1. The Morgan fingerprint density at radius 3 is 1.35 bits per heavy atom. The highest BCUT2D eigenvalue weighted by Crippen LogP contribution is 2.35. The first-order valence-electron chi connectivity index (χ1n) is 8.37. The van der Waals surface area contributed by atoms with Crippen LogP contribution in [0.1, 0.15) is 11.1 Å². The summed E-state index contributed by atoms with van der Waals surface area (Å²) in [5.41, 5.74) is 2.02. The summed E-state index contributed by atoms with van der Waals surface area (Å²) in [7, 11) is 0. The molecule has 0 bridgehead atoms. The van der Waals surface area contributed by atoms with Crippen molar-refractivity contribution >= 4 is 35.3 Å². The van der Waals surface area contributed by atoms with E-state index in [2.05, 4.69) is 10.6 Å². The number of nitrogens with one attached hydrogen (secondary N) is 2. The highest BCUT2D eigenvalue weighted by molar-refractivity contribution is 8.01. The third-order valence-corrected chi connectivity index (χ3v) is 6.91. The molecular formula is C20H22N2O2S2. The van der Waals surface area contributed by atoms with Crippen LogP contribution in [0.4, 0.5) is 0 Å². The van der Waals surface area contributed by atoms with E-state index >= 15 is 0 Å². The molecule has 1 aliphatic heterocycles. The summed E-state index contributed by atoms with van der Waals surface area (Å²) >= 11 is 2.73. The second-order valence-electron chi connectivity index (χ2n) is 6.30. The quantitative estimate of drug-likeness (QED) is 0.802. The first kappa shape index (κ1) is 18.9. The smallest absolute Gasteiger partial charge is 0.258 e. The van der Waals surface area contributed by atoms with E-state index in [9.17, 15) is 9.59 Å². The van der Waals surface area contributed by atoms with Crippen LogP contribution in [0.15, 0.2) is 60.7 Å². The van der Waals surface area contributed by atoms with Gasteiger partial charge in [-0.25, -0.2) is 0 Å². The lowest BCUT2D eigenvalue weighted by Gasteiger charge is -2.44. The summed E-state index contributed by atoms with van der Waals surface area (Å²) in [5.74, 6) is -0.308. The minimum absolute atomic E-state index is 0.154. The normalized spacial score (nSPS) is 25.5. The first-order valence-corrected chi connectivity index (χ1v) is 10.8. The molecular weight excluding hydrogens is 364 g/mol. The molecule has 4 nitrogen and oxygen atoms in total. The Morgan fingerprint density at radius 2 is 1.04 bits per heavy atom. The Bertz CT molecular complexity index is 717. The maximum absolute atomic E-state index is 13.1. The first-order chi connectivity index (χ1) is 12.5. The van der Waals surface area contributed by atoms with Gasteiger partial charge in [-0.2, -0.15) is 0 Å². The Labute approximate surface area is 162 Å². The maximum atomic E-state index is 13.1. The van der Waals surface area contributed by atoms with Crippen molar-refractivity contribution in [2.75, 3.05) is 12.5 Å². The van der Waals surface area contributed by atoms with Crippen LogP contribution in [-0.2, 0) is 22.4 Å². The fraction of sp³-hybridized carbons (Fsp3) is 0.300. The minimum atomic E-state index is -0.992. The number of piperazine rings is 1. The molecule has 2 aromatic carbocycles. The van der Waals surface area contributed by atoms with Gasteiger partial charge in [-0.1, -0.05) is 60.7 Å². The average Bonchev–Trinajstić information content (AvgIpc) is 2.67. The third-order valence-electron chi connectivity index (χ3n) is 4.65. The van der Waals surface area contributed by atoms with Crippen LogP contribution in [0.5, 0.6) is 0 Å². The van der Waals surface area contributed by atoms with Crippen molar-refractivity contribution in [3.63, 3.8) is 0 Å². The zero-order chi connectivity index (χ0) is 18.6. The number of thioether (sulfide) groups is 2. The Morgan fingerprint density at radius 1 is 0.692 bits per heavy atom. The molecule has 6 heteroatoms. The van der Waals surface area contributed by atoms with Crippen LogP contribution < -0.4 is 10.6 Å². The second-order valence-corrected chi connectivity index (χ2v) is 8.51. The maximum Gasteiger partial charge on any atom is 0.258 e. The van der Waals surface area contributed by atoms with E-state index < -0.39 is 9.74 Å². The Balaban J connectivity index is 1.87. The topological polar surface area (TPSA) is 58.2 Å². The van der Waals surface area contributed by atoms with Gasteiger partial charge in [0.15, 0.2) is 9.74 Å². The van der Waals surface area contributed by atoms with Gasteiger partial charge in [0, 0.05) is 12.8 Å². The molecule has 2 atom stereocenters. The van der Waals surface area contributed by atoms with Crippen molar-refractivity contribution < 1.29 is 9.59 Å². The predicted molar refractivity (Wildman–Crippen MR) is 109 cm³/mol. The molecule has 1 aliphatic rings. The fourth-order valence-electron chi connectivity index (χ4n) is 3.13. The zero-order valence-corrected chi connectivity index (χ0v) is 16.5. The van der Waals surface area contributed by atoms with E-state index in [1.54, 1.807) is 0 Å². The summed E-state index contributed by atoms with van der Waals surface area (Å²) in [5, 5.41) is 6.06. The number of benzene rings is 2. The van der Waals surface area contributed by atoms with Crippen molar-refractivity contribution in [3.05, 3.63) is 71.8 Å². The van der Waals surface area contributed by atoms with Gasteiger partial charge in [-0.3, -0.25) is 9.59 Å². The predicted octanol–water partition coefficient (Wildman–Crippen LogP) is 2.84. The van der Waals surface area contributed by atoms with E-state index in [0.717, 1.165) is 11.1 Å². The Kier molecular flexibility index (Phi) is 5.63. The molecule has 0 spiro atoms. The summed E-state index contributed by atoms with van der Waals surface area (Å²) in [6.07, 6.45) is 4.60. The molecule has 3 rings (SSSR count). The molecule has 2 aromatic rings. The van der Waals surface area contributed by atoms with Crippen LogP contribution in [0, 0.1) is 0 Å². The van der Waals surface area contributed by atoms with E-state index in [0.29, 0.717) is 12.8 Å². The summed E-state index contributed by atoms with van der Waals surface area (Å²) in [6, 6.07) is 19.5. The lowest BCUT2D eigenvalue weighted by Crippen LogP contribution is -2.73. The molecule has 136 valence electrons. The average molecular weight is 387 g/mol. The van der Waals surface area contributed by atoms with Crippen molar-refractivity contribution in [2.24, 2.45) is 0 Å². The van der Waals surface area contributed by atoms with E-state index in [-0.39, 0.29) is 11.8 Å². The molecule has 2 amide bonds. The van der Waals surface area contributed by atoms with Crippen molar-refractivity contribution in [1.29, 1.82) is 0 Å². The number of amides is 2. The molecule has 0 aromatic heterocycles. The largest absolute Gasteiger partial charge is 0.330 e. The van der Waals surface area contributed by atoms with Gasteiger partial charge in [0.25, 0.3) is 11.8 Å². The highest BCUT2D eigenvalue weighted by atomic mass is 32.2. The lowest BCUT2D eigenvalue weighted by molar-refractivity contribution is -0.139.